The first-order valence-electron chi connectivity index (χ1n) is 6.84. The summed E-state index contributed by atoms with van der Waals surface area (Å²) in [4.78, 5) is 0. The highest BCUT2D eigenvalue weighted by Crippen LogP contribution is 2.16. The number of hydrogen-bond donors (Lipinski definition) is 1. The van der Waals surface area contributed by atoms with E-state index in [1.165, 1.54) is 16.8 Å². The van der Waals surface area contributed by atoms with Gasteiger partial charge in [-0.25, -0.2) is 0 Å². The molecule has 0 aliphatic heterocycles. The Kier molecular flexibility index (Phi) is 5.24. The molecule has 1 N–H and O–H groups in total. The van der Waals surface area contributed by atoms with Gasteiger partial charge in [0.05, 0.1) is 0 Å². The molecule has 0 atom stereocenters. The van der Waals surface area contributed by atoms with Crippen LogP contribution in [0.2, 0.25) is 0 Å². The first kappa shape index (κ1) is 14.7. The molecule has 3 nitrogen and oxygen atoms in total. The number of aromatic nitrogens is 2. The van der Waals surface area contributed by atoms with E-state index in [9.17, 15) is 5.11 Å². The smallest absolute Gasteiger partial charge is 0.134 e. The first-order chi connectivity index (χ1) is 9.74. The molecule has 1 aromatic carbocycles. The van der Waals surface area contributed by atoms with E-state index in [4.69, 9.17) is 11.6 Å². The van der Waals surface area contributed by atoms with Gasteiger partial charge in [-0.3, -0.25) is 4.68 Å². The lowest BCUT2D eigenvalue weighted by Gasteiger charge is -2.07. The molecule has 0 unspecified atom stereocenters. The van der Waals surface area contributed by atoms with Crippen LogP contribution in [0.3, 0.4) is 0 Å². The molecular weight excluding hydrogens is 272 g/mol. The van der Waals surface area contributed by atoms with Crippen molar-refractivity contribution in [3.8, 4) is 0 Å². The van der Waals surface area contributed by atoms with Crippen molar-refractivity contribution < 1.29 is 5.11 Å². The molecular formula is C16H19ClN2O. The molecule has 0 fully saturated rings. The highest BCUT2D eigenvalue weighted by atomic mass is 35.5. The zero-order valence-electron chi connectivity index (χ0n) is 11.6. The third-order valence-electron chi connectivity index (χ3n) is 3.27. The SMILES string of the molecule is CCCCn1nccc1Cc1ccc(C(O)=CCl)cc1. The van der Waals surface area contributed by atoms with Crippen LogP contribution in [0.5, 0.6) is 0 Å². The maximum atomic E-state index is 9.53. The number of rotatable bonds is 6. The van der Waals surface area contributed by atoms with Gasteiger partial charge >= 0.3 is 0 Å². The molecule has 0 aliphatic carbocycles. The highest BCUT2D eigenvalue weighted by Gasteiger charge is 2.04. The van der Waals surface area contributed by atoms with Crippen molar-refractivity contribution in [2.45, 2.75) is 32.7 Å². The molecule has 2 rings (SSSR count). The van der Waals surface area contributed by atoms with Gasteiger partial charge in [0.1, 0.15) is 5.76 Å². The molecule has 0 saturated heterocycles. The monoisotopic (exact) mass is 290 g/mol. The Hall–Kier alpha value is -1.74. The van der Waals surface area contributed by atoms with Crippen molar-refractivity contribution >= 4 is 17.4 Å². The molecule has 0 amide bonds. The van der Waals surface area contributed by atoms with Crippen molar-refractivity contribution in [2.24, 2.45) is 0 Å². The molecule has 0 bridgehead atoms. The summed E-state index contributed by atoms with van der Waals surface area (Å²) in [5.74, 6) is 0.0891. The summed E-state index contributed by atoms with van der Waals surface area (Å²) in [5, 5.41) is 13.9. The summed E-state index contributed by atoms with van der Waals surface area (Å²) in [7, 11) is 0. The third kappa shape index (κ3) is 3.64. The number of aryl methyl sites for hydroxylation is 1. The van der Waals surface area contributed by atoms with E-state index < -0.39 is 0 Å². The van der Waals surface area contributed by atoms with Crippen LogP contribution in [-0.2, 0) is 13.0 Å². The van der Waals surface area contributed by atoms with Crippen LogP contribution in [-0.4, -0.2) is 14.9 Å². The predicted molar refractivity (Wildman–Crippen MR) is 82.8 cm³/mol. The molecule has 106 valence electrons. The molecule has 2 aromatic rings. The number of unbranched alkanes of at least 4 members (excludes halogenated alkanes) is 1. The lowest BCUT2D eigenvalue weighted by atomic mass is 10.1. The maximum Gasteiger partial charge on any atom is 0.134 e. The van der Waals surface area contributed by atoms with Gasteiger partial charge in [0.2, 0.25) is 0 Å². The van der Waals surface area contributed by atoms with E-state index in [0.29, 0.717) is 0 Å². The van der Waals surface area contributed by atoms with Crippen molar-refractivity contribution in [2.75, 3.05) is 0 Å². The van der Waals surface area contributed by atoms with Crippen LogP contribution in [0.1, 0.15) is 36.6 Å². The highest BCUT2D eigenvalue weighted by molar-refractivity contribution is 6.27. The Morgan fingerprint density at radius 2 is 2.05 bits per heavy atom. The molecule has 1 aromatic heterocycles. The van der Waals surface area contributed by atoms with Crippen LogP contribution < -0.4 is 0 Å². The summed E-state index contributed by atoms with van der Waals surface area (Å²) >= 11 is 5.49. The summed E-state index contributed by atoms with van der Waals surface area (Å²) in [5.41, 5.74) is 4.30. The molecule has 20 heavy (non-hydrogen) atoms. The molecule has 1 heterocycles. The number of aliphatic hydroxyl groups is 1. The van der Waals surface area contributed by atoms with Crippen molar-refractivity contribution in [1.82, 2.24) is 9.78 Å². The minimum Gasteiger partial charge on any atom is -0.506 e. The fourth-order valence-electron chi connectivity index (χ4n) is 2.08. The number of benzene rings is 1. The van der Waals surface area contributed by atoms with Crippen molar-refractivity contribution in [3.05, 3.63) is 58.9 Å². The molecule has 0 saturated carbocycles. The van der Waals surface area contributed by atoms with E-state index in [1.54, 1.807) is 0 Å². The lowest BCUT2D eigenvalue weighted by molar-refractivity contribution is 0.513. The maximum absolute atomic E-state index is 9.53. The number of hydrogen-bond acceptors (Lipinski definition) is 2. The van der Waals surface area contributed by atoms with Gasteiger partial charge in [0.25, 0.3) is 0 Å². The van der Waals surface area contributed by atoms with Gasteiger partial charge in [0, 0.05) is 36.0 Å². The fraction of sp³-hybridized carbons (Fsp3) is 0.312. The average Bonchev–Trinajstić information content (AvgIpc) is 2.92. The van der Waals surface area contributed by atoms with Gasteiger partial charge in [-0.2, -0.15) is 5.10 Å². The largest absolute Gasteiger partial charge is 0.506 e. The van der Waals surface area contributed by atoms with Gasteiger partial charge in [0.15, 0.2) is 0 Å². The molecule has 4 heteroatoms. The minimum atomic E-state index is 0.0891. The van der Waals surface area contributed by atoms with Gasteiger partial charge in [-0.15, -0.1) is 0 Å². The molecule has 0 spiro atoms. The second-order valence-electron chi connectivity index (χ2n) is 4.77. The Morgan fingerprint density at radius 3 is 2.70 bits per heavy atom. The lowest BCUT2D eigenvalue weighted by Crippen LogP contribution is -2.05. The van der Waals surface area contributed by atoms with Crippen LogP contribution in [0.4, 0.5) is 0 Å². The van der Waals surface area contributed by atoms with Crippen LogP contribution in [0, 0.1) is 0 Å². The van der Waals surface area contributed by atoms with Gasteiger partial charge in [-0.1, -0.05) is 49.2 Å². The Morgan fingerprint density at radius 1 is 1.30 bits per heavy atom. The van der Waals surface area contributed by atoms with Crippen LogP contribution in [0.15, 0.2) is 42.1 Å². The summed E-state index contributed by atoms with van der Waals surface area (Å²) in [6, 6.07) is 9.80. The number of nitrogens with zero attached hydrogens (tertiary/aromatic N) is 2. The summed E-state index contributed by atoms with van der Waals surface area (Å²) in [6.45, 7) is 3.14. The van der Waals surface area contributed by atoms with Crippen molar-refractivity contribution in [1.29, 1.82) is 0 Å². The molecule has 0 aliphatic rings. The first-order valence-corrected chi connectivity index (χ1v) is 7.27. The standard InChI is InChI=1S/C16H19ClN2O/c1-2-3-10-19-15(8-9-18-19)11-13-4-6-14(7-5-13)16(20)12-17/h4-9,12,20H,2-3,10-11H2,1H3. The van der Waals surface area contributed by atoms with E-state index in [2.05, 4.69) is 22.8 Å². The Balaban J connectivity index is 2.08. The average molecular weight is 291 g/mol. The van der Waals surface area contributed by atoms with Crippen LogP contribution >= 0.6 is 11.6 Å². The quantitative estimate of drug-likeness (QED) is 0.802. The van der Waals surface area contributed by atoms with Crippen molar-refractivity contribution in [3.63, 3.8) is 0 Å². The Bertz CT molecular complexity index is 572. The third-order valence-corrected chi connectivity index (χ3v) is 3.47. The van der Waals surface area contributed by atoms with Gasteiger partial charge < -0.3 is 5.11 Å². The fourth-order valence-corrected chi connectivity index (χ4v) is 2.21. The van der Waals surface area contributed by atoms with Gasteiger partial charge in [-0.05, 0) is 18.1 Å². The van der Waals surface area contributed by atoms with E-state index in [-0.39, 0.29) is 5.76 Å². The topological polar surface area (TPSA) is 38.0 Å². The normalized spacial score (nSPS) is 11.8. The van der Waals surface area contributed by atoms with E-state index in [1.807, 2.05) is 30.5 Å². The summed E-state index contributed by atoms with van der Waals surface area (Å²) in [6.07, 6.45) is 5.00. The zero-order valence-corrected chi connectivity index (χ0v) is 12.3. The molecule has 0 radical (unpaired) electrons. The minimum absolute atomic E-state index is 0.0891. The second-order valence-corrected chi connectivity index (χ2v) is 4.99. The second kappa shape index (κ2) is 7.15. The predicted octanol–water partition coefficient (Wildman–Crippen LogP) is 4.37. The van der Waals surface area contributed by atoms with E-state index in [0.717, 1.165) is 31.4 Å². The number of halogens is 1. The Labute approximate surface area is 124 Å². The zero-order chi connectivity index (χ0) is 14.4. The van der Waals surface area contributed by atoms with E-state index >= 15 is 0 Å². The number of aliphatic hydroxyl groups excluding tert-OH is 1. The van der Waals surface area contributed by atoms with Crippen LogP contribution in [0.25, 0.3) is 5.76 Å². The summed E-state index contributed by atoms with van der Waals surface area (Å²) < 4.78 is 2.06.